The first-order valence-corrected chi connectivity index (χ1v) is 7.46. The minimum absolute atomic E-state index is 0.0448. The fourth-order valence-electron chi connectivity index (χ4n) is 2.91. The summed E-state index contributed by atoms with van der Waals surface area (Å²) in [5.41, 5.74) is 1.35. The van der Waals surface area contributed by atoms with Gasteiger partial charge in [0.05, 0.1) is 11.7 Å². The lowest BCUT2D eigenvalue weighted by atomic mass is 9.92. The van der Waals surface area contributed by atoms with Crippen LogP contribution < -0.4 is 5.32 Å². The van der Waals surface area contributed by atoms with Crippen LogP contribution in [0.15, 0.2) is 24.3 Å². The van der Waals surface area contributed by atoms with Crippen LogP contribution in [0.3, 0.4) is 0 Å². The van der Waals surface area contributed by atoms with E-state index >= 15 is 0 Å². The van der Waals surface area contributed by atoms with Crippen LogP contribution in [0.25, 0.3) is 0 Å². The first kappa shape index (κ1) is 14.8. The Morgan fingerprint density at radius 3 is 2.84 bits per heavy atom. The molecule has 106 valence electrons. The van der Waals surface area contributed by atoms with Crippen LogP contribution in [0.5, 0.6) is 0 Å². The molecule has 19 heavy (non-hydrogen) atoms. The van der Waals surface area contributed by atoms with Crippen molar-refractivity contribution in [2.75, 3.05) is 13.6 Å². The third-order valence-electron chi connectivity index (χ3n) is 3.87. The largest absolute Gasteiger partial charge is 0.372 e. The smallest absolute Gasteiger partial charge is 0.0631 e. The van der Waals surface area contributed by atoms with Crippen molar-refractivity contribution in [3.05, 3.63) is 34.9 Å². The molecule has 2 rings (SSSR count). The third kappa shape index (κ3) is 4.20. The fourth-order valence-corrected chi connectivity index (χ4v) is 3.10. The van der Waals surface area contributed by atoms with Gasteiger partial charge in [0.15, 0.2) is 0 Å². The number of hydrogen-bond donors (Lipinski definition) is 1. The van der Waals surface area contributed by atoms with E-state index < -0.39 is 0 Å². The van der Waals surface area contributed by atoms with Gasteiger partial charge in [0.1, 0.15) is 0 Å². The topological polar surface area (TPSA) is 21.3 Å². The molecule has 1 aliphatic rings. The molecule has 0 aliphatic carbocycles. The molecule has 2 nitrogen and oxygen atoms in total. The summed E-state index contributed by atoms with van der Waals surface area (Å²) in [6, 6.07) is 8.19. The number of nitrogens with one attached hydrogen (secondary N) is 1. The van der Waals surface area contributed by atoms with Gasteiger partial charge < -0.3 is 10.1 Å². The van der Waals surface area contributed by atoms with Crippen LogP contribution in [0, 0.1) is 0 Å². The molecule has 1 aromatic rings. The average Bonchev–Trinajstić information content (AvgIpc) is 2.68. The van der Waals surface area contributed by atoms with Crippen LogP contribution in [0.4, 0.5) is 0 Å². The Bertz CT molecular complexity index is 419. The van der Waals surface area contributed by atoms with Crippen molar-refractivity contribution in [1.29, 1.82) is 0 Å². The molecule has 0 spiro atoms. The third-order valence-corrected chi connectivity index (χ3v) is 4.11. The molecule has 0 aromatic heterocycles. The van der Waals surface area contributed by atoms with Crippen LogP contribution >= 0.6 is 11.6 Å². The summed E-state index contributed by atoms with van der Waals surface area (Å²) in [5.74, 6) is 0.461. The Morgan fingerprint density at radius 1 is 1.47 bits per heavy atom. The normalized spacial score (nSPS) is 23.5. The molecule has 1 N–H and O–H groups in total. The Kier molecular flexibility index (Phi) is 4.88. The number of ether oxygens (including phenoxy) is 1. The van der Waals surface area contributed by atoms with Gasteiger partial charge in [-0.2, -0.15) is 0 Å². The van der Waals surface area contributed by atoms with Crippen molar-refractivity contribution in [1.82, 2.24) is 5.32 Å². The number of halogens is 1. The average molecular weight is 282 g/mol. The number of hydrogen-bond acceptors (Lipinski definition) is 2. The molecule has 1 heterocycles. The summed E-state index contributed by atoms with van der Waals surface area (Å²) in [6.07, 6.45) is 3.74. The van der Waals surface area contributed by atoms with E-state index in [1.165, 1.54) is 5.56 Å². The second kappa shape index (κ2) is 6.25. The summed E-state index contributed by atoms with van der Waals surface area (Å²) >= 11 is 6.10. The van der Waals surface area contributed by atoms with E-state index in [1.807, 2.05) is 19.2 Å². The Labute approximate surface area is 121 Å². The molecule has 1 aliphatic heterocycles. The quantitative estimate of drug-likeness (QED) is 0.881. The first-order chi connectivity index (χ1) is 9.00. The summed E-state index contributed by atoms with van der Waals surface area (Å²) in [5, 5.41) is 4.09. The molecule has 1 fully saturated rings. The van der Waals surface area contributed by atoms with E-state index in [9.17, 15) is 0 Å². The van der Waals surface area contributed by atoms with Gasteiger partial charge in [0.2, 0.25) is 0 Å². The second-order valence-electron chi connectivity index (χ2n) is 6.08. The maximum absolute atomic E-state index is 6.12. The lowest BCUT2D eigenvalue weighted by molar-refractivity contribution is -0.0208. The molecule has 0 amide bonds. The highest BCUT2D eigenvalue weighted by Crippen LogP contribution is 2.35. The van der Waals surface area contributed by atoms with Gasteiger partial charge in [-0.3, -0.25) is 0 Å². The van der Waals surface area contributed by atoms with Crippen LogP contribution in [0.1, 0.15) is 44.6 Å². The zero-order valence-electron chi connectivity index (χ0n) is 12.1. The Hall–Kier alpha value is -0.570. The lowest BCUT2D eigenvalue weighted by Crippen LogP contribution is -2.24. The number of likely N-dealkylation sites (N-methyl/N-ethyl adjacent to an activating group) is 1. The van der Waals surface area contributed by atoms with E-state index in [1.54, 1.807) is 0 Å². The van der Waals surface area contributed by atoms with E-state index in [4.69, 9.17) is 16.3 Å². The summed E-state index contributed by atoms with van der Waals surface area (Å²) in [4.78, 5) is 0. The highest BCUT2D eigenvalue weighted by Gasteiger charge is 2.33. The zero-order chi connectivity index (χ0) is 13.9. The van der Waals surface area contributed by atoms with Crippen molar-refractivity contribution >= 4 is 11.6 Å². The van der Waals surface area contributed by atoms with Gasteiger partial charge in [-0.15, -0.1) is 0 Å². The van der Waals surface area contributed by atoms with E-state index in [0.717, 1.165) is 30.8 Å². The van der Waals surface area contributed by atoms with Crippen LogP contribution in [-0.2, 0) is 4.74 Å². The van der Waals surface area contributed by atoms with Gasteiger partial charge >= 0.3 is 0 Å². The molecule has 1 saturated heterocycles. The molecule has 2 atom stereocenters. The van der Waals surface area contributed by atoms with Gasteiger partial charge in [-0.1, -0.05) is 23.7 Å². The van der Waals surface area contributed by atoms with Crippen molar-refractivity contribution in [2.45, 2.75) is 50.7 Å². The maximum atomic E-state index is 6.12. The van der Waals surface area contributed by atoms with E-state index in [2.05, 4.69) is 31.3 Å². The van der Waals surface area contributed by atoms with Gasteiger partial charge in [-0.05, 0) is 63.8 Å². The number of rotatable bonds is 5. The van der Waals surface area contributed by atoms with Crippen molar-refractivity contribution in [2.24, 2.45) is 0 Å². The molecular weight excluding hydrogens is 258 g/mol. The second-order valence-corrected chi connectivity index (χ2v) is 6.52. The predicted octanol–water partition coefficient (Wildman–Crippen LogP) is 3.99. The Balaban J connectivity index is 2.04. The monoisotopic (exact) mass is 281 g/mol. The van der Waals surface area contributed by atoms with Crippen molar-refractivity contribution in [3.8, 4) is 0 Å². The molecule has 3 heteroatoms. The highest BCUT2D eigenvalue weighted by molar-refractivity contribution is 6.30. The molecule has 0 saturated carbocycles. The summed E-state index contributed by atoms with van der Waals surface area (Å²) in [7, 11) is 2.00. The predicted molar refractivity (Wildman–Crippen MR) is 80.9 cm³/mol. The van der Waals surface area contributed by atoms with E-state index in [0.29, 0.717) is 12.0 Å². The van der Waals surface area contributed by atoms with Crippen molar-refractivity contribution in [3.63, 3.8) is 0 Å². The van der Waals surface area contributed by atoms with Gasteiger partial charge in [0, 0.05) is 11.6 Å². The molecule has 0 bridgehead atoms. The van der Waals surface area contributed by atoms with Gasteiger partial charge in [-0.25, -0.2) is 0 Å². The molecule has 2 unspecified atom stereocenters. The molecular formula is C16H24ClNO. The Morgan fingerprint density at radius 2 is 2.26 bits per heavy atom. The first-order valence-electron chi connectivity index (χ1n) is 7.08. The van der Waals surface area contributed by atoms with Crippen LogP contribution in [0.2, 0.25) is 5.02 Å². The minimum Gasteiger partial charge on any atom is -0.372 e. The standard InChI is InChI=1S/C16H24ClNO/c1-16(2)8-7-15(19-16)10-13(11-18-3)12-5-4-6-14(17)9-12/h4-6,9,13,15,18H,7-8,10-11H2,1-3H3. The number of benzene rings is 1. The fraction of sp³-hybridized carbons (Fsp3) is 0.625. The minimum atomic E-state index is 0.0448. The molecule has 0 radical (unpaired) electrons. The maximum Gasteiger partial charge on any atom is 0.0631 e. The van der Waals surface area contributed by atoms with Crippen molar-refractivity contribution < 1.29 is 4.74 Å². The lowest BCUT2D eigenvalue weighted by Gasteiger charge is -2.24. The summed E-state index contributed by atoms with van der Waals surface area (Å²) in [6.45, 7) is 5.32. The zero-order valence-corrected chi connectivity index (χ0v) is 12.8. The van der Waals surface area contributed by atoms with Gasteiger partial charge in [0.25, 0.3) is 0 Å². The highest BCUT2D eigenvalue weighted by atomic mass is 35.5. The SMILES string of the molecule is CNCC(CC1CCC(C)(C)O1)c1cccc(Cl)c1. The van der Waals surface area contributed by atoms with Crippen LogP contribution in [-0.4, -0.2) is 25.3 Å². The molecule has 1 aromatic carbocycles. The van der Waals surface area contributed by atoms with E-state index in [-0.39, 0.29) is 5.60 Å². The summed E-state index contributed by atoms with van der Waals surface area (Å²) < 4.78 is 6.12.